The number of aliphatic hydroxyl groups is 2. The van der Waals surface area contributed by atoms with Gasteiger partial charge in [0.25, 0.3) is 0 Å². The molecular formula is C57H98O12. The number of carbonyl (C=O) groups is 4. The van der Waals surface area contributed by atoms with Gasteiger partial charge in [0.05, 0.1) is 6.61 Å². The van der Waals surface area contributed by atoms with E-state index >= 15 is 0 Å². The van der Waals surface area contributed by atoms with Crippen LogP contribution in [0.2, 0.25) is 0 Å². The van der Waals surface area contributed by atoms with Crippen molar-refractivity contribution >= 4 is 23.9 Å². The van der Waals surface area contributed by atoms with Crippen LogP contribution < -0.4 is 0 Å². The minimum absolute atomic E-state index is 0.0506. The lowest BCUT2D eigenvalue weighted by Crippen LogP contribution is -2.61. The molecule has 0 radical (unpaired) electrons. The third kappa shape index (κ3) is 36.3. The summed E-state index contributed by atoms with van der Waals surface area (Å²) in [5.74, 6) is -3.15. The van der Waals surface area contributed by atoms with E-state index in [9.17, 15) is 34.5 Å². The molecule has 0 aromatic rings. The van der Waals surface area contributed by atoms with Crippen molar-refractivity contribution in [2.24, 2.45) is 0 Å². The van der Waals surface area contributed by atoms with Crippen molar-refractivity contribution in [3.63, 3.8) is 0 Å². The van der Waals surface area contributed by atoms with Crippen molar-refractivity contribution in [2.75, 3.05) is 13.2 Å². The molecule has 6 atom stereocenters. The summed E-state index contributed by atoms with van der Waals surface area (Å²) >= 11 is 0. The van der Waals surface area contributed by atoms with Gasteiger partial charge < -0.3 is 39.0 Å². The number of ether oxygens (including phenoxy) is 5. The second-order valence-corrected chi connectivity index (χ2v) is 18.9. The van der Waals surface area contributed by atoms with Crippen LogP contribution in [0.5, 0.6) is 0 Å². The number of rotatable bonds is 46. The lowest BCUT2D eigenvalue weighted by Gasteiger charge is -2.40. The first kappa shape index (κ1) is 63.7. The normalized spacial score (nSPS) is 19.0. The highest BCUT2D eigenvalue weighted by atomic mass is 16.7. The van der Waals surface area contributed by atoms with Crippen LogP contribution in [0.15, 0.2) is 48.6 Å². The molecule has 0 bridgehead atoms. The molecular weight excluding hydrogens is 877 g/mol. The summed E-state index contributed by atoms with van der Waals surface area (Å²) < 4.78 is 28.3. The molecule has 1 heterocycles. The van der Waals surface area contributed by atoms with Gasteiger partial charge in [-0.05, 0) is 89.9 Å². The van der Waals surface area contributed by atoms with Crippen molar-refractivity contribution in [3.05, 3.63) is 48.6 Å². The first-order valence-electron chi connectivity index (χ1n) is 27.6. The number of carboxylic acid groups (broad SMARTS) is 1. The molecule has 0 aliphatic carbocycles. The van der Waals surface area contributed by atoms with E-state index in [-0.39, 0.29) is 25.9 Å². The topological polar surface area (TPSA) is 175 Å². The number of unbranched alkanes of at least 4 members (excludes halogenated alkanes) is 24. The molecule has 1 saturated heterocycles. The Hall–Kier alpha value is -3.32. The summed E-state index contributed by atoms with van der Waals surface area (Å²) in [5, 5.41) is 31.4. The maximum atomic E-state index is 13.0. The number of carbonyl (C=O) groups excluding carboxylic acids is 3. The minimum atomic E-state index is -1.91. The summed E-state index contributed by atoms with van der Waals surface area (Å²) in [6, 6.07) is 0. The molecule has 0 amide bonds. The average Bonchev–Trinajstić information content (AvgIpc) is 3.33. The van der Waals surface area contributed by atoms with Crippen molar-refractivity contribution < 1.29 is 58.2 Å². The fourth-order valence-electron chi connectivity index (χ4n) is 8.01. The predicted molar refractivity (Wildman–Crippen MR) is 276 cm³/mol. The van der Waals surface area contributed by atoms with E-state index in [1.165, 1.54) is 44.9 Å². The largest absolute Gasteiger partial charge is 0.479 e. The highest BCUT2D eigenvalue weighted by Crippen LogP contribution is 2.26. The molecule has 1 aliphatic heterocycles. The summed E-state index contributed by atoms with van der Waals surface area (Å²) in [7, 11) is 0. The zero-order valence-corrected chi connectivity index (χ0v) is 43.6. The summed E-state index contributed by atoms with van der Waals surface area (Å²) in [5.41, 5.74) is 0. The van der Waals surface area contributed by atoms with E-state index in [0.29, 0.717) is 19.3 Å². The number of carboxylic acids is 1. The van der Waals surface area contributed by atoms with E-state index in [4.69, 9.17) is 23.7 Å². The fourth-order valence-corrected chi connectivity index (χ4v) is 8.01. The average molecular weight is 975 g/mol. The molecule has 398 valence electrons. The highest BCUT2D eigenvalue weighted by Gasteiger charge is 2.50. The SMILES string of the molecule is CCCC/C=C\CCCCCCCC(=O)OCC(COC1OC(C(=O)O)C(O)C(O)C1OC(=O)CCCCCCCCC/C=C\C/C=C\CCCCC)OC(=O)CCCCCCC/C=C\CCCC. The van der Waals surface area contributed by atoms with Crippen molar-refractivity contribution in [3.8, 4) is 0 Å². The first-order valence-corrected chi connectivity index (χ1v) is 27.6. The van der Waals surface area contributed by atoms with E-state index in [1.54, 1.807) is 0 Å². The Morgan fingerprint density at radius 1 is 0.478 bits per heavy atom. The molecule has 12 nitrogen and oxygen atoms in total. The van der Waals surface area contributed by atoms with Gasteiger partial charge in [-0.3, -0.25) is 14.4 Å². The van der Waals surface area contributed by atoms with Gasteiger partial charge in [-0.2, -0.15) is 0 Å². The van der Waals surface area contributed by atoms with Gasteiger partial charge in [0.2, 0.25) is 0 Å². The van der Waals surface area contributed by atoms with Gasteiger partial charge in [0.1, 0.15) is 18.8 Å². The quantitative estimate of drug-likeness (QED) is 0.0228. The van der Waals surface area contributed by atoms with Crippen molar-refractivity contribution in [1.29, 1.82) is 0 Å². The maximum absolute atomic E-state index is 13.0. The van der Waals surface area contributed by atoms with Crippen LogP contribution in [0.25, 0.3) is 0 Å². The zero-order chi connectivity index (χ0) is 50.4. The zero-order valence-electron chi connectivity index (χ0n) is 43.6. The van der Waals surface area contributed by atoms with Crippen LogP contribution in [-0.4, -0.2) is 89.2 Å². The fraction of sp³-hybridized carbons (Fsp3) is 0.789. The monoisotopic (exact) mass is 975 g/mol. The van der Waals surface area contributed by atoms with Gasteiger partial charge in [-0.25, -0.2) is 4.79 Å². The Bertz CT molecular complexity index is 1390. The summed E-state index contributed by atoms with van der Waals surface area (Å²) in [6.45, 7) is 5.86. The molecule has 1 rings (SSSR count). The van der Waals surface area contributed by atoms with Gasteiger partial charge in [0.15, 0.2) is 24.6 Å². The molecule has 0 aromatic heterocycles. The lowest BCUT2D eigenvalue weighted by atomic mass is 9.98. The molecule has 1 aliphatic rings. The Labute approximate surface area is 418 Å². The van der Waals surface area contributed by atoms with Crippen LogP contribution in [0, 0.1) is 0 Å². The molecule has 0 spiro atoms. The van der Waals surface area contributed by atoms with Gasteiger partial charge in [-0.1, -0.05) is 179 Å². The number of aliphatic hydroxyl groups excluding tert-OH is 2. The van der Waals surface area contributed by atoms with E-state index in [1.807, 2.05) is 0 Å². The number of aliphatic carboxylic acids is 1. The number of allylic oxidation sites excluding steroid dienone is 8. The van der Waals surface area contributed by atoms with Crippen molar-refractivity contribution in [1.82, 2.24) is 0 Å². The smallest absolute Gasteiger partial charge is 0.335 e. The Kier molecular flexibility index (Phi) is 42.3. The molecule has 6 unspecified atom stereocenters. The van der Waals surface area contributed by atoms with E-state index in [0.717, 1.165) is 135 Å². The number of hydrogen-bond donors (Lipinski definition) is 3. The van der Waals surface area contributed by atoms with Gasteiger partial charge in [0, 0.05) is 19.3 Å². The molecule has 12 heteroatoms. The Morgan fingerprint density at radius 2 is 0.884 bits per heavy atom. The molecule has 69 heavy (non-hydrogen) atoms. The van der Waals surface area contributed by atoms with Crippen LogP contribution >= 0.6 is 0 Å². The maximum Gasteiger partial charge on any atom is 0.335 e. The second kappa shape index (κ2) is 45.8. The summed E-state index contributed by atoms with van der Waals surface area (Å²) in [4.78, 5) is 50.9. The highest BCUT2D eigenvalue weighted by molar-refractivity contribution is 5.74. The standard InChI is InChI=1S/C57H98O12/c1-4-7-10-13-16-19-22-23-24-25-26-27-30-33-36-39-42-45-51(60)68-55-53(62)52(61)54(56(63)64)69-57(55)66-47-48(67-50(59)44-41-38-35-32-29-21-18-15-12-9-6-3)46-65-49(58)43-40-37-34-31-28-20-17-14-11-8-5-2/h14-19,23-24,48,52-55,57,61-62H,4-13,20-22,25-47H2,1-3H3,(H,63,64)/b17-14-,18-15-,19-16-,24-23-. The van der Waals surface area contributed by atoms with Crippen molar-refractivity contribution in [2.45, 2.75) is 276 Å². The molecule has 3 N–H and O–H groups in total. The van der Waals surface area contributed by atoms with Gasteiger partial charge >= 0.3 is 23.9 Å². The second-order valence-electron chi connectivity index (χ2n) is 18.9. The minimum Gasteiger partial charge on any atom is -0.479 e. The Balaban J connectivity index is 2.70. The number of esters is 3. The molecule has 0 aromatic carbocycles. The van der Waals surface area contributed by atoms with E-state index in [2.05, 4.69) is 69.4 Å². The lowest BCUT2D eigenvalue weighted by molar-refractivity contribution is -0.301. The molecule has 1 fully saturated rings. The third-order valence-corrected chi connectivity index (χ3v) is 12.3. The van der Waals surface area contributed by atoms with Crippen LogP contribution in [0.3, 0.4) is 0 Å². The van der Waals surface area contributed by atoms with Gasteiger partial charge in [-0.15, -0.1) is 0 Å². The first-order chi connectivity index (χ1) is 33.6. The number of hydrogen-bond acceptors (Lipinski definition) is 11. The Morgan fingerprint density at radius 3 is 1.36 bits per heavy atom. The van der Waals surface area contributed by atoms with Crippen LogP contribution in [-0.2, 0) is 42.9 Å². The third-order valence-electron chi connectivity index (χ3n) is 12.3. The predicted octanol–water partition coefficient (Wildman–Crippen LogP) is 13.4. The van der Waals surface area contributed by atoms with E-state index < -0.39 is 67.3 Å². The van der Waals surface area contributed by atoms with Crippen LogP contribution in [0.1, 0.15) is 239 Å². The summed E-state index contributed by atoms with van der Waals surface area (Å²) in [6.07, 6.45) is 40.9. The van der Waals surface area contributed by atoms with Crippen LogP contribution in [0.4, 0.5) is 0 Å². The molecule has 0 saturated carbocycles.